The lowest BCUT2D eigenvalue weighted by molar-refractivity contribution is -0.137. The normalized spacial score (nSPS) is 18.6. The first-order chi connectivity index (χ1) is 9.97. The van der Waals surface area contributed by atoms with Gasteiger partial charge in [-0.05, 0) is 43.9 Å². The minimum absolute atomic E-state index is 0.0000992. The number of hydrogen-bond donors (Lipinski definition) is 1. The molecule has 2 rings (SSSR count). The number of amides is 1. The zero-order chi connectivity index (χ0) is 15.4. The maximum Gasteiger partial charge on any atom is 0.303 e. The van der Waals surface area contributed by atoms with E-state index in [1.165, 1.54) is 0 Å². The van der Waals surface area contributed by atoms with Crippen molar-refractivity contribution < 1.29 is 14.7 Å². The topological polar surface area (TPSA) is 57.6 Å². The minimum Gasteiger partial charge on any atom is -0.481 e. The first kappa shape index (κ1) is 16.3. The van der Waals surface area contributed by atoms with E-state index in [2.05, 4.69) is 15.9 Å². The zero-order valence-corrected chi connectivity index (χ0v) is 13.9. The number of rotatable bonds is 4. The number of likely N-dealkylation sites (tertiary alicyclic amines) is 1. The fourth-order valence-electron chi connectivity index (χ4n) is 2.70. The van der Waals surface area contributed by atoms with E-state index in [1.807, 2.05) is 0 Å². The largest absolute Gasteiger partial charge is 0.481 e. The fourth-order valence-corrected chi connectivity index (χ4v) is 3.56. The summed E-state index contributed by atoms with van der Waals surface area (Å²) in [7, 11) is 0. The van der Waals surface area contributed by atoms with Gasteiger partial charge in [0.2, 0.25) is 0 Å². The Hall–Kier alpha value is -1.07. The van der Waals surface area contributed by atoms with E-state index < -0.39 is 5.97 Å². The standard InChI is InChI=1S/C15H17BrClNO3/c16-11-7-10(8-12(17)9-11)15(21)18-6-2-1-3-13(18)4-5-14(19)20/h7-9,13H,1-6H2,(H,19,20). The Morgan fingerprint density at radius 2 is 2.10 bits per heavy atom. The molecule has 1 aromatic carbocycles. The van der Waals surface area contributed by atoms with Gasteiger partial charge < -0.3 is 10.0 Å². The molecule has 1 saturated heterocycles. The van der Waals surface area contributed by atoms with Gasteiger partial charge in [0.15, 0.2) is 0 Å². The van der Waals surface area contributed by atoms with Crippen LogP contribution in [0.1, 0.15) is 42.5 Å². The second-order valence-corrected chi connectivity index (χ2v) is 6.59. The smallest absolute Gasteiger partial charge is 0.303 e. The molecule has 1 aromatic rings. The number of carboxylic acids is 1. The van der Waals surface area contributed by atoms with Gasteiger partial charge >= 0.3 is 5.97 Å². The van der Waals surface area contributed by atoms with Crippen LogP contribution < -0.4 is 0 Å². The first-order valence-corrected chi connectivity index (χ1v) is 8.13. The summed E-state index contributed by atoms with van der Waals surface area (Å²) < 4.78 is 0.762. The Labute approximate surface area is 137 Å². The van der Waals surface area contributed by atoms with Crippen LogP contribution >= 0.6 is 27.5 Å². The van der Waals surface area contributed by atoms with Crippen molar-refractivity contribution in [2.24, 2.45) is 0 Å². The molecule has 1 aliphatic rings. The molecule has 1 heterocycles. The average Bonchev–Trinajstić information content (AvgIpc) is 2.43. The summed E-state index contributed by atoms with van der Waals surface area (Å²) in [5, 5.41) is 9.34. The van der Waals surface area contributed by atoms with Crippen molar-refractivity contribution in [1.29, 1.82) is 0 Å². The van der Waals surface area contributed by atoms with E-state index in [0.717, 1.165) is 23.7 Å². The van der Waals surface area contributed by atoms with Gasteiger partial charge in [-0.1, -0.05) is 27.5 Å². The molecule has 1 amide bonds. The lowest BCUT2D eigenvalue weighted by Gasteiger charge is -2.35. The number of carboxylic acid groups (broad SMARTS) is 1. The SMILES string of the molecule is O=C(O)CCC1CCCCN1C(=O)c1cc(Cl)cc(Br)c1. The summed E-state index contributed by atoms with van der Waals surface area (Å²) in [5.41, 5.74) is 0.539. The third-order valence-corrected chi connectivity index (χ3v) is 4.36. The molecule has 0 bridgehead atoms. The molecule has 4 nitrogen and oxygen atoms in total. The highest BCUT2D eigenvalue weighted by Gasteiger charge is 2.28. The molecule has 0 aliphatic carbocycles. The second kappa shape index (κ2) is 7.27. The molecule has 1 aliphatic heterocycles. The molecule has 6 heteroatoms. The summed E-state index contributed by atoms with van der Waals surface area (Å²) in [6.45, 7) is 0.674. The Morgan fingerprint density at radius 1 is 1.33 bits per heavy atom. The van der Waals surface area contributed by atoms with Gasteiger partial charge in [0.1, 0.15) is 0 Å². The Balaban J connectivity index is 2.15. The number of piperidine rings is 1. The van der Waals surface area contributed by atoms with Gasteiger partial charge in [0, 0.05) is 34.1 Å². The van der Waals surface area contributed by atoms with E-state index >= 15 is 0 Å². The molecular weight excluding hydrogens is 358 g/mol. The third-order valence-electron chi connectivity index (χ3n) is 3.69. The lowest BCUT2D eigenvalue weighted by Crippen LogP contribution is -2.44. The fraction of sp³-hybridized carbons (Fsp3) is 0.467. The maximum atomic E-state index is 12.7. The molecule has 1 unspecified atom stereocenters. The molecule has 1 fully saturated rings. The van der Waals surface area contributed by atoms with Crippen LogP contribution in [0.3, 0.4) is 0 Å². The lowest BCUT2D eigenvalue weighted by atomic mass is 9.97. The van der Waals surface area contributed by atoms with Crippen molar-refractivity contribution >= 4 is 39.4 Å². The Morgan fingerprint density at radius 3 is 2.76 bits per heavy atom. The van der Waals surface area contributed by atoms with Gasteiger partial charge in [0.05, 0.1) is 0 Å². The summed E-state index contributed by atoms with van der Waals surface area (Å²) >= 11 is 9.33. The van der Waals surface area contributed by atoms with Gasteiger partial charge in [-0.25, -0.2) is 0 Å². The summed E-state index contributed by atoms with van der Waals surface area (Å²) in [6, 6.07) is 5.13. The number of carbonyl (C=O) groups excluding carboxylic acids is 1. The van der Waals surface area contributed by atoms with Crippen LogP contribution in [0.5, 0.6) is 0 Å². The van der Waals surface area contributed by atoms with Crippen LogP contribution in [0.25, 0.3) is 0 Å². The Bertz CT molecular complexity index is 529. The van der Waals surface area contributed by atoms with E-state index in [1.54, 1.807) is 23.1 Å². The van der Waals surface area contributed by atoms with E-state index in [-0.39, 0.29) is 18.4 Å². The van der Waals surface area contributed by atoms with E-state index in [4.69, 9.17) is 16.7 Å². The van der Waals surface area contributed by atoms with Gasteiger partial charge in [-0.2, -0.15) is 0 Å². The van der Waals surface area contributed by atoms with Crippen molar-refractivity contribution in [3.05, 3.63) is 33.3 Å². The molecule has 0 spiro atoms. The van der Waals surface area contributed by atoms with Crippen LogP contribution in [-0.4, -0.2) is 34.5 Å². The van der Waals surface area contributed by atoms with Crippen molar-refractivity contribution in [3.63, 3.8) is 0 Å². The van der Waals surface area contributed by atoms with Crippen molar-refractivity contribution in [1.82, 2.24) is 4.90 Å². The highest BCUT2D eigenvalue weighted by Crippen LogP contribution is 2.26. The highest BCUT2D eigenvalue weighted by molar-refractivity contribution is 9.10. The molecule has 1 N–H and O–H groups in total. The number of nitrogens with zero attached hydrogens (tertiary/aromatic N) is 1. The minimum atomic E-state index is -0.821. The van der Waals surface area contributed by atoms with Gasteiger partial charge in [-0.3, -0.25) is 9.59 Å². The molecule has 21 heavy (non-hydrogen) atoms. The quantitative estimate of drug-likeness (QED) is 0.868. The number of aliphatic carboxylic acids is 1. The zero-order valence-electron chi connectivity index (χ0n) is 11.5. The van der Waals surface area contributed by atoms with Crippen LogP contribution in [0, 0.1) is 0 Å². The summed E-state index contributed by atoms with van der Waals surface area (Å²) in [4.78, 5) is 25.2. The molecule has 0 aromatic heterocycles. The maximum absolute atomic E-state index is 12.7. The van der Waals surface area contributed by atoms with Gasteiger partial charge in [0.25, 0.3) is 5.91 Å². The predicted molar refractivity (Wildman–Crippen MR) is 84.7 cm³/mol. The highest BCUT2D eigenvalue weighted by atomic mass is 79.9. The average molecular weight is 375 g/mol. The van der Waals surface area contributed by atoms with Crippen LogP contribution in [0.4, 0.5) is 0 Å². The van der Waals surface area contributed by atoms with Crippen molar-refractivity contribution in [2.45, 2.75) is 38.1 Å². The van der Waals surface area contributed by atoms with Crippen molar-refractivity contribution in [3.8, 4) is 0 Å². The molecule has 0 radical (unpaired) electrons. The van der Waals surface area contributed by atoms with Crippen LogP contribution in [-0.2, 0) is 4.79 Å². The number of carbonyl (C=O) groups is 2. The molecule has 114 valence electrons. The third kappa shape index (κ3) is 4.45. The molecule has 0 saturated carbocycles. The number of halogens is 2. The second-order valence-electron chi connectivity index (χ2n) is 5.24. The number of hydrogen-bond acceptors (Lipinski definition) is 2. The van der Waals surface area contributed by atoms with E-state index in [9.17, 15) is 9.59 Å². The molecular formula is C15H17BrClNO3. The monoisotopic (exact) mass is 373 g/mol. The predicted octanol–water partition coefficient (Wildman–Crippen LogP) is 3.96. The van der Waals surface area contributed by atoms with Crippen LogP contribution in [0.15, 0.2) is 22.7 Å². The van der Waals surface area contributed by atoms with Crippen molar-refractivity contribution in [2.75, 3.05) is 6.54 Å². The summed E-state index contributed by atoms with van der Waals surface area (Å²) in [6.07, 6.45) is 3.45. The number of benzene rings is 1. The Kier molecular flexibility index (Phi) is 5.65. The first-order valence-electron chi connectivity index (χ1n) is 6.96. The summed E-state index contributed by atoms with van der Waals surface area (Å²) in [5.74, 6) is -0.897. The molecule has 1 atom stereocenters. The van der Waals surface area contributed by atoms with E-state index in [0.29, 0.717) is 23.6 Å². The van der Waals surface area contributed by atoms with Gasteiger partial charge in [-0.15, -0.1) is 0 Å². The van der Waals surface area contributed by atoms with Crippen LogP contribution in [0.2, 0.25) is 5.02 Å².